The summed E-state index contributed by atoms with van der Waals surface area (Å²) in [6.45, 7) is 8.16. The number of benzene rings is 1. The fourth-order valence-corrected chi connectivity index (χ4v) is 3.53. The van der Waals surface area contributed by atoms with Crippen LogP contribution in [0.4, 0.5) is 0 Å². The number of fused-ring (bicyclic) bond motifs is 1. The van der Waals surface area contributed by atoms with Crippen LogP contribution >= 0.6 is 0 Å². The molecule has 4 nitrogen and oxygen atoms in total. The molecule has 136 valence electrons. The highest BCUT2D eigenvalue weighted by Gasteiger charge is 2.19. The van der Waals surface area contributed by atoms with E-state index in [1.54, 1.807) is 0 Å². The van der Waals surface area contributed by atoms with Crippen molar-refractivity contribution < 1.29 is 0 Å². The Hall–Kier alpha value is -1.49. The van der Waals surface area contributed by atoms with E-state index in [-0.39, 0.29) is 0 Å². The Balaban J connectivity index is 1.45. The minimum absolute atomic E-state index is 0.302. The van der Waals surface area contributed by atoms with Gasteiger partial charge < -0.3 is 15.1 Å². The summed E-state index contributed by atoms with van der Waals surface area (Å²) in [6.07, 6.45) is 2.61. The molecule has 0 radical (unpaired) electrons. The first-order valence-electron chi connectivity index (χ1n) is 9.58. The molecule has 2 aromatic rings. The van der Waals surface area contributed by atoms with E-state index in [2.05, 4.69) is 72.5 Å². The van der Waals surface area contributed by atoms with Crippen molar-refractivity contribution in [1.82, 2.24) is 20.1 Å². The molecule has 0 spiro atoms. The lowest BCUT2D eigenvalue weighted by atomic mass is 9.96. The fourth-order valence-electron chi connectivity index (χ4n) is 3.53. The van der Waals surface area contributed by atoms with Crippen LogP contribution in [0.25, 0.3) is 10.9 Å². The Kier molecular flexibility index (Phi) is 6.40. The Labute approximate surface area is 152 Å². The Bertz CT molecular complexity index is 662. The van der Waals surface area contributed by atoms with E-state index in [9.17, 15) is 0 Å². The van der Waals surface area contributed by atoms with Gasteiger partial charge in [0, 0.05) is 24.5 Å². The minimum Gasteiger partial charge on any atom is -0.309 e. The predicted octanol–water partition coefficient (Wildman–Crippen LogP) is 3.16. The van der Waals surface area contributed by atoms with Crippen LogP contribution in [-0.2, 0) is 0 Å². The zero-order valence-electron chi connectivity index (χ0n) is 15.9. The van der Waals surface area contributed by atoms with Gasteiger partial charge in [0.25, 0.3) is 0 Å². The average molecular weight is 341 g/mol. The van der Waals surface area contributed by atoms with Gasteiger partial charge in [-0.05, 0) is 71.5 Å². The lowest BCUT2D eigenvalue weighted by Crippen LogP contribution is -2.40. The van der Waals surface area contributed by atoms with E-state index in [1.165, 1.54) is 37.9 Å². The van der Waals surface area contributed by atoms with Crippen LogP contribution in [0.3, 0.4) is 0 Å². The highest BCUT2D eigenvalue weighted by Crippen LogP contribution is 2.19. The van der Waals surface area contributed by atoms with Crippen molar-refractivity contribution in [2.45, 2.75) is 25.8 Å². The molecule has 0 unspecified atom stereocenters. The molecule has 1 aliphatic heterocycles. The smallest absolute Gasteiger partial charge is 0.0706 e. The third-order valence-electron chi connectivity index (χ3n) is 5.35. The molecule has 0 bridgehead atoms. The lowest BCUT2D eigenvalue weighted by molar-refractivity contribution is 0.167. The molecular formula is C21H32N4. The number of para-hydroxylation sites is 1. The number of likely N-dealkylation sites (N-methyl/N-ethyl adjacent to an activating group) is 1. The summed E-state index contributed by atoms with van der Waals surface area (Å²) in [6, 6.07) is 13.0. The molecule has 0 saturated carbocycles. The molecule has 4 heteroatoms. The quantitative estimate of drug-likeness (QED) is 0.839. The number of hydrogen-bond donors (Lipinski definition) is 1. The lowest BCUT2D eigenvalue weighted by Gasteiger charge is -2.33. The summed E-state index contributed by atoms with van der Waals surface area (Å²) >= 11 is 0. The van der Waals surface area contributed by atoms with Crippen LogP contribution in [0.15, 0.2) is 36.4 Å². The van der Waals surface area contributed by atoms with E-state index in [4.69, 9.17) is 4.98 Å². The first-order valence-corrected chi connectivity index (χ1v) is 9.58. The molecule has 0 aliphatic carbocycles. The van der Waals surface area contributed by atoms with Crippen LogP contribution < -0.4 is 5.32 Å². The molecule has 1 atom stereocenters. The van der Waals surface area contributed by atoms with Gasteiger partial charge in [-0.25, -0.2) is 0 Å². The summed E-state index contributed by atoms with van der Waals surface area (Å²) in [5.41, 5.74) is 2.23. The number of hydrogen-bond acceptors (Lipinski definition) is 4. The van der Waals surface area contributed by atoms with Crippen molar-refractivity contribution in [2.24, 2.45) is 5.92 Å². The third-order valence-corrected chi connectivity index (χ3v) is 5.35. The van der Waals surface area contributed by atoms with Gasteiger partial charge in [0.1, 0.15) is 0 Å². The van der Waals surface area contributed by atoms with Gasteiger partial charge in [-0.15, -0.1) is 0 Å². The summed E-state index contributed by atoms with van der Waals surface area (Å²) in [5.74, 6) is 0.790. The van der Waals surface area contributed by atoms with Crippen molar-refractivity contribution in [3.05, 3.63) is 42.1 Å². The second-order valence-electron chi connectivity index (χ2n) is 7.65. The number of nitrogens with one attached hydrogen (secondary N) is 1. The van der Waals surface area contributed by atoms with Gasteiger partial charge >= 0.3 is 0 Å². The number of aromatic nitrogens is 1. The minimum atomic E-state index is 0.302. The first-order chi connectivity index (χ1) is 12.1. The van der Waals surface area contributed by atoms with Gasteiger partial charge in [0.15, 0.2) is 0 Å². The average Bonchev–Trinajstić information content (AvgIpc) is 2.64. The molecule has 1 aromatic heterocycles. The number of nitrogens with zero attached hydrogens (tertiary/aromatic N) is 3. The van der Waals surface area contributed by atoms with Gasteiger partial charge in [0.05, 0.1) is 11.2 Å². The van der Waals surface area contributed by atoms with Crippen LogP contribution in [0.5, 0.6) is 0 Å². The maximum absolute atomic E-state index is 4.82. The summed E-state index contributed by atoms with van der Waals surface area (Å²) < 4.78 is 0. The van der Waals surface area contributed by atoms with E-state index in [0.717, 1.165) is 30.2 Å². The maximum Gasteiger partial charge on any atom is 0.0706 e. The summed E-state index contributed by atoms with van der Waals surface area (Å²) in [4.78, 5) is 9.69. The van der Waals surface area contributed by atoms with Gasteiger partial charge in [0.2, 0.25) is 0 Å². The van der Waals surface area contributed by atoms with Crippen molar-refractivity contribution >= 4 is 10.9 Å². The maximum atomic E-state index is 4.82. The largest absolute Gasteiger partial charge is 0.309 e. The van der Waals surface area contributed by atoms with Gasteiger partial charge in [-0.3, -0.25) is 4.98 Å². The van der Waals surface area contributed by atoms with Gasteiger partial charge in [-0.2, -0.15) is 0 Å². The second-order valence-corrected chi connectivity index (χ2v) is 7.65. The standard InChI is InChI=1S/C21H32N4/c1-17(20-9-8-19-6-4-5-7-21(19)23-20)22-16-18-10-12-25(13-11-18)15-14-24(2)3/h4-9,17-18,22H,10-16H2,1-3H3/t17-/m1/s1. The normalized spacial score (nSPS) is 18.1. The van der Waals surface area contributed by atoms with E-state index in [0.29, 0.717) is 6.04 Å². The van der Waals surface area contributed by atoms with Crippen molar-refractivity contribution in [3.8, 4) is 0 Å². The van der Waals surface area contributed by atoms with E-state index in [1.807, 2.05) is 0 Å². The van der Waals surface area contributed by atoms with E-state index < -0.39 is 0 Å². The molecule has 1 aromatic carbocycles. The number of rotatable bonds is 7. The number of piperidine rings is 1. The highest BCUT2D eigenvalue weighted by molar-refractivity contribution is 5.78. The molecular weight excluding hydrogens is 308 g/mol. The second kappa shape index (κ2) is 8.75. The molecule has 1 aliphatic rings. The van der Waals surface area contributed by atoms with E-state index >= 15 is 0 Å². The monoisotopic (exact) mass is 340 g/mol. The molecule has 2 heterocycles. The third kappa shape index (κ3) is 5.24. The number of pyridine rings is 1. The Morgan fingerprint density at radius 3 is 2.68 bits per heavy atom. The highest BCUT2D eigenvalue weighted by atomic mass is 15.2. The van der Waals surface area contributed by atoms with Crippen LogP contribution in [0.1, 0.15) is 31.5 Å². The predicted molar refractivity (Wildman–Crippen MR) is 106 cm³/mol. The van der Waals surface area contributed by atoms with Crippen LogP contribution in [-0.4, -0.2) is 61.6 Å². The van der Waals surface area contributed by atoms with Crippen LogP contribution in [0.2, 0.25) is 0 Å². The molecule has 1 saturated heterocycles. The zero-order valence-corrected chi connectivity index (χ0v) is 15.9. The molecule has 25 heavy (non-hydrogen) atoms. The summed E-state index contributed by atoms with van der Waals surface area (Å²) in [7, 11) is 4.30. The van der Waals surface area contributed by atoms with Crippen molar-refractivity contribution in [1.29, 1.82) is 0 Å². The van der Waals surface area contributed by atoms with Gasteiger partial charge in [-0.1, -0.05) is 24.3 Å². The fraction of sp³-hybridized carbons (Fsp3) is 0.571. The summed E-state index contributed by atoms with van der Waals surface area (Å²) in [5, 5.41) is 4.92. The van der Waals surface area contributed by atoms with Crippen molar-refractivity contribution in [2.75, 3.05) is 46.8 Å². The number of likely N-dealkylation sites (tertiary alicyclic amines) is 1. The molecule has 3 rings (SSSR count). The Morgan fingerprint density at radius 1 is 1.16 bits per heavy atom. The van der Waals surface area contributed by atoms with Crippen LogP contribution in [0, 0.1) is 5.92 Å². The zero-order chi connectivity index (χ0) is 17.6. The van der Waals surface area contributed by atoms with Crippen molar-refractivity contribution in [3.63, 3.8) is 0 Å². The SMILES string of the molecule is C[C@@H](NCC1CCN(CCN(C)C)CC1)c1ccc2ccccc2n1. The topological polar surface area (TPSA) is 31.4 Å². The first kappa shape index (κ1) is 18.3. The molecule has 1 fully saturated rings. The molecule has 1 N–H and O–H groups in total. The molecule has 0 amide bonds. The Morgan fingerprint density at radius 2 is 1.92 bits per heavy atom.